The van der Waals surface area contributed by atoms with Crippen LogP contribution < -0.4 is 4.74 Å². The van der Waals surface area contributed by atoms with Crippen molar-refractivity contribution < 1.29 is 9.84 Å². The summed E-state index contributed by atoms with van der Waals surface area (Å²) < 4.78 is 7.59. The second-order valence-electron chi connectivity index (χ2n) is 6.90. The van der Waals surface area contributed by atoms with Crippen molar-refractivity contribution in [2.45, 2.75) is 38.8 Å². The Morgan fingerprint density at radius 1 is 1.38 bits per heavy atom. The number of likely N-dealkylation sites (tertiary alicyclic amines) is 1. The molecule has 24 heavy (non-hydrogen) atoms. The molecule has 0 amide bonds. The van der Waals surface area contributed by atoms with Gasteiger partial charge in [0.05, 0.1) is 6.20 Å². The Morgan fingerprint density at radius 3 is 2.92 bits per heavy atom. The Morgan fingerprint density at radius 2 is 2.21 bits per heavy atom. The predicted octanol–water partition coefficient (Wildman–Crippen LogP) is 2.14. The fourth-order valence-electron chi connectivity index (χ4n) is 3.01. The number of ether oxygens (including phenoxy) is 1. The van der Waals surface area contributed by atoms with Crippen molar-refractivity contribution in [2.24, 2.45) is 0 Å². The van der Waals surface area contributed by atoms with E-state index in [0.717, 1.165) is 18.8 Å². The predicted molar refractivity (Wildman–Crippen MR) is 92.0 cm³/mol. The van der Waals surface area contributed by atoms with Crippen molar-refractivity contribution >= 4 is 0 Å². The van der Waals surface area contributed by atoms with Gasteiger partial charge < -0.3 is 9.84 Å². The lowest BCUT2D eigenvalue weighted by molar-refractivity contribution is 0.0403. The summed E-state index contributed by atoms with van der Waals surface area (Å²) in [5.41, 5.74) is 0.950. The Kier molecular flexibility index (Phi) is 4.87. The lowest BCUT2D eigenvalue weighted by atomic mass is 10.00. The second kappa shape index (κ2) is 6.91. The van der Waals surface area contributed by atoms with Crippen molar-refractivity contribution in [1.29, 1.82) is 0 Å². The Labute approximate surface area is 143 Å². The Hall–Kier alpha value is -1.92. The normalized spacial score (nSPS) is 21.5. The summed E-state index contributed by atoms with van der Waals surface area (Å²) in [5, 5.41) is 19.2. The SMILES string of the molecule is Cc1cccc(OCCN2CCC(O)(c3cn(C(C)C)nn3)C2)c1. The van der Waals surface area contributed by atoms with E-state index in [1.165, 1.54) is 5.56 Å². The van der Waals surface area contributed by atoms with E-state index >= 15 is 0 Å². The van der Waals surface area contributed by atoms with E-state index in [1.54, 1.807) is 4.68 Å². The van der Waals surface area contributed by atoms with Crippen LogP contribution in [-0.4, -0.2) is 51.2 Å². The van der Waals surface area contributed by atoms with Crippen molar-refractivity contribution in [3.05, 3.63) is 41.7 Å². The standard InChI is InChI=1S/C18H26N4O2/c1-14(2)22-12-17(19-20-22)18(23)7-8-21(13-18)9-10-24-16-6-4-5-15(3)11-16/h4-6,11-12,14,23H,7-10,13H2,1-3H3. The number of hydrogen-bond donors (Lipinski definition) is 1. The topological polar surface area (TPSA) is 63.4 Å². The molecule has 0 spiro atoms. The van der Waals surface area contributed by atoms with Gasteiger partial charge in [-0.05, 0) is 44.9 Å². The third kappa shape index (κ3) is 3.76. The average molecular weight is 330 g/mol. The van der Waals surface area contributed by atoms with Crippen molar-refractivity contribution in [2.75, 3.05) is 26.2 Å². The second-order valence-corrected chi connectivity index (χ2v) is 6.90. The van der Waals surface area contributed by atoms with Crippen molar-refractivity contribution in [1.82, 2.24) is 19.9 Å². The quantitative estimate of drug-likeness (QED) is 0.879. The molecule has 1 unspecified atom stereocenters. The van der Waals surface area contributed by atoms with Gasteiger partial charge in [0.2, 0.25) is 0 Å². The number of nitrogens with zero attached hydrogens (tertiary/aromatic N) is 4. The molecule has 1 N–H and O–H groups in total. The zero-order chi connectivity index (χ0) is 17.2. The summed E-state index contributed by atoms with van der Waals surface area (Å²) in [6.07, 6.45) is 2.53. The third-order valence-electron chi connectivity index (χ3n) is 4.51. The number of hydrogen-bond acceptors (Lipinski definition) is 5. The number of β-amino-alcohol motifs (C(OH)–C–C–N with tert-alkyl or cyclic N) is 1. The number of aliphatic hydroxyl groups is 1. The molecule has 6 heteroatoms. The summed E-state index contributed by atoms with van der Waals surface area (Å²) >= 11 is 0. The highest BCUT2D eigenvalue weighted by Gasteiger charge is 2.40. The lowest BCUT2D eigenvalue weighted by Crippen LogP contribution is -2.33. The summed E-state index contributed by atoms with van der Waals surface area (Å²) in [5.74, 6) is 0.893. The first-order valence-electron chi connectivity index (χ1n) is 8.53. The van der Waals surface area contributed by atoms with Gasteiger partial charge in [-0.15, -0.1) is 5.10 Å². The fourth-order valence-corrected chi connectivity index (χ4v) is 3.01. The molecule has 2 aromatic rings. The molecular formula is C18H26N4O2. The average Bonchev–Trinajstić information content (AvgIpc) is 3.16. The van der Waals surface area contributed by atoms with Gasteiger partial charge in [-0.1, -0.05) is 17.3 Å². The number of benzene rings is 1. The Balaban J connectivity index is 1.52. The first-order chi connectivity index (χ1) is 11.5. The van der Waals surface area contributed by atoms with Crippen LogP contribution in [0.1, 0.15) is 37.6 Å². The molecule has 6 nitrogen and oxygen atoms in total. The van der Waals surface area contributed by atoms with E-state index in [9.17, 15) is 5.11 Å². The fraction of sp³-hybridized carbons (Fsp3) is 0.556. The summed E-state index contributed by atoms with van der Waals surface area (Å²) in [4.78, 5) is 2.21. The first kappa shape index (κ1) is 16.9. The van der Waals surface area contributed by atoms with Gasteiger partial charge in [-0.3, -0.25) is 4.90 Å². The molecule has 1 aromatic heterocycles. The molecule has 1 aliphatic heterocycles. The van der Waals surface area contributed by atoms with E-state index in [4.69, 9.17) is 4.74 Å². The van der Waals surface area contributed by atoms with Crippen molar-refractivity contribution in [3.8, 4) is 5.75 Å². The zero-order valence-corrected chi connectivity index (χ0v) is 14.6. The molecule has 1 atom stereocenters. The number of rotatable bonds is 6. The molecule has 0 aliphatic carbocycles. The highest BCUT2D eigenvalue weighted by molar-refractivity contribution is 5.27. The van der Waals surface area contributed by atoms with Crippen LogP contribution in [0.2, 0.25) is 0 Å². The van der Waals surface area contributed by atoms with Gasteiger partial charge in [-0.25, -0.2) is 4.68 Å². The molecule has 1 fully saturated rings. The maximum atomic E-state index is 10.9. The van der Waals surface area contributed by atoms with E-state index < -0.39 is 5.60 Å². The van der Waals surface area contributed by atoms with Gasteiger partial charge in [-0.2, -0.15) is 0 Å². The van der Waals surface area contributed by atoms with E-state index in [2.05, 4.69) is 28.2 Å². The zero-order valence-electron chi connectivity index (χ0n) is 14.6. The summed E-state index contributed by atoms with van der Waals surface area (Å²) in [6.45, 7) is 8.95. The van der Waals surface area contributed by atoms with Crippen LogP contribution >= 0.6 is 0 Å². The minimum Gasteiger partial charge on any atom is -0.492 e. The summed E-state index contributed by atoms with van der Waals surface area (Å²) in [7, 11) is 0. The van der Waals surface area contributed by atoms with Gasteiger partial charge in [0.15, 0.2) is 0 Å². The maximum Gasteiger partial charge on any atom is 0.124 e. The third-order valence-corrected chi connectivity index (χ3v) is 4.51. The highest BCUT2D eigenvalue weighted by atomic mass is 16.5. The summed E-state index contributed by atoms with van der Waals surface area (Å²) in [6, 6.07) is 8.30. The van der Waals surface area contributed by atoms with Gasteiger partial charge in [0.1, 0.15) is 23.7 Å². The minimum absolute atomic E-state index is 0.245. The molecule has 0 saturated carbocycles. The molecule has 1 aliphatic rings. The lowest BCUT2D eigenvalue weighted by Gasteiger charge is -2.21. The Bertz CT molecular complexity index is 685. The number of aromatic nitrogens is 3. The molecule has 130 valence electrons. The largest absolute Gasteiger partial charge is 0.492 e. The van der Waals surface area contributed by atoms with Crippen molar-refractivity contribution in [3.63, 3.8) is 0 Å². The molecule has 1 aromatic carbocycles. The van der Waals surface area contributed by atoms with Crippen LogP contribution in [0.5, 0.6) is 5.75 Å². The van der Waals surface area contributed by atoms with E-state index in [0.29, 0.717) is 25.3 Å². The molecular weight excluding hydrogens is 304 g/mol. The minimum atomic E-state index is -0.906. The van der Waals surface area contributed by atoms with Crippen LogP contribution in [0.15, 0.2) is 30.5 Å². The maximum absolute atomic E-state index is 10.9. The highest BCUT2D eigenvalue weighted by Crippen LogP contribution is 2.30. The van der Waals surface area contributed by atoms with Crippen LogP contribution in [0.25, 0.3) is 0 Å². The monoisotopic (exact) mass is 330 g/mol. The van der Waals surface area contributed by atoms with Gasteiger partial charge in [0, 0.05) is 25.7 Å². The van der Waals surface area contributed by atoms with Gasteiger partial charge in [0.25, 0.3) is 0 Å². The number of aryl methyl sites for hydroxylation is 1. The van der Waals surface area contributed by atoms with Crippen LogP contribution in [0.4, 0.5) is 0 Å². The molecule has 0 radical (unpaired) electrons. The molecule has 2 heterocycles. The molecule has 1 saturated heterocycles. The van der Waals surface area contributed by atoms with Crippen LogP contribution in [-0.2, 0) is 5.60 Å². The van der Waals surface area contributed by atoms with Crippen LogP contribution in [0.3, 0.4) is 0 Å². The molecule has 0 bridgehead atoms. The van der Waals surface area contributed by atoms with Crippen LogP contribution in [0, 0.1) is 6.92 Å². The smallest absolute Gasteiger partial charge is 0.124 e. The van der Waals surface area contributed by atoms with E-state index in [-0.39, 0.29) is 6.04 Å². The van der Waals surface area contributed by atoms with Gasteiger partial charge >= 0.3 is 0 Å². The van der Waals surface area contributed by atoms with E-state index in [1.807, 2.05) is 38.2 Å². The first-order valence-corrected chi connectivity index (χ1v) is 8.53. The molecule has 3 rings (SSSR count).